The molecular formula is C11H9N5OS2. The molecule has 0 aliphatic rings. The van der Waals surface area contributed by atoms with Crippen molar-refractivity contribution in [3.8, 4) is 0 Å². The Morgan fingerprint density at radius 2 is 2.21 bits per heavy atom. The van der Waals surface area contributed by atoms with E-state index in [0.29, 0.717) is 10.1 Å². The first-order valence-electron chi connectivity index (χ1n) is 5.42. The van der Waals surface area contributed by atoms with Gasteiger partial charge in [-0.15, -0.1) is 21.5 Å². The van der Waals surface area contributed by atoms with E-state index < -0.39 is 0 Å². The van der Waals surface area contributed by atoms with Crippen LogP contribution >= 0.6 is 22.7 Å². The molecule has 0 spiro atoms. The summed E-state index contributed by atoms with van der Waals surface area (Å²) < 4.78 is 1.03. The molecule has 8 heteroatoms. The second-order valence-corrected chi connectivity index (χ2v) is 5.52. The van der Waals surface area contributed by atoms with E-state index in [4.69, 9.17) is 0 Å². The summed E-state index contributed by atoms with van der Waals surface area (Å²) in [5, 5.41) is 14.2. The number of hydrogen-bond donors (Lipinski definition) is 2. The first kappa shape index (κ1) is 12.0. The number of carbonyl (C=O) groups is 1. The monoisotopic (exact) mass is 291 g/mol. The van der Waals surface area contributed by atoms with Crippen molar-refractivity contribution >= 4 is 49.6 Å². The van der Waals surface area contributed by atoms with Crippen LogP contribution in [0.15, 0.2) is 23.7 Å². The summed E-state index contributed by atoms with van der Waals surface area (Å²) in [7, 11) is 1.74. The van der Waals surface area contributed by atoms with Gasteiger partial charge in [0.2, 0.25) is 10.1 Å². The van der Waals surface area contributed by atoms with Crippen LogP contribution in [0.25, 0.3) is 10.2 Å². The van der Waals surface area contributed by atoms with Crippen molar-refractivity contribution in [2.24, 2.45) is 0 Å². The van der Waals surface area contributed by atoms with Gasteiger partial charge in [-0.2, -0.15) is 0 Å². The second-order valence-electron chi connectivity index (χ2n) is 3.65. The molecule has 6 nitrogen and oxygen atoms in total. The van der Waals surface area contributed by atoms with Gasteiger partial charge in [0.05, 0.1) is 15.7 Å². The van der Waals surface area contributed by atoms with E-state index in [9.17, 15) is 4.79 Å². The number of anilines is 2. The highest BCUT2D eigenvalue weighted by Crippen LogP contribution is 2.23. The van der Waals surface area contributed by atoms with Gasteiger partial charge in [-0.05, 0) is 18.2 Å². The normalized spacial score (nSPS) is 10.6. The molecule has 0 atom stereocenters. The third-order valence-electron chi connectivity index (χ3n) is 2.42. The Bertz CT molecular complexity index is 735. The van der Waals surface area contributed by atoms with Gasteiger partial charge in [0.15, 0.2) is 0 Å². The summed E-state index contributed by atoms with van der Waals surface area (Å²) in [6, 6.07) is 5.59. The standard InChI is InChI=1S/C11H9N5OS2/c1-12-11-16-15-10(19-11)9(17)14-6-2-3-7-8(4-6)18-5-13-7/h2-5H,1H3,(H,12,16)(H,14,17). The van der Waals surface area contributed by atoms with Crippen LogP contribution in [0.3, 0.4) is 0 Å². The molecule has 19 heavy (non-hydrogen) atoms. The lowest BCUT2D eigenvalue weighted by Crippen LogP contribution is -2.11. The first-order chi connectivity index (χ1) is 9.26. The van der Waals surface area contributed by atoms with Crippen LogP contribution in [0.4, 0.5) is 10.8 Å². The molecule has 1 amide bonds. The summed E-state index contributed by atoms with van der Waals surface area (Å²) in [6.07, 6.45) is 0. The molecule has 0 radical (unpaired) electrons. The lowest BCUT2D eigenvalue weighted by atomic mass is 10.3. The molecule has 0 bridgehead atoms. The van der Waals surface area contributed by atoms with Crippen molar-refractivity contribution < 1.29 is 4.79 Å². The minimum atomic E-state index is -0.261. The highest BCUT2D eigenvalue weighted by Gasteiger charge is 2.12. The van der Waals surface area contributed by atoms with E-state index >= 15 is 0 Å². The minimum Gasteiger partial charge on any atom is -0.363 e. The number of thiazole rings is 1. The van der Waals surface area contributed by atoms with Gasteiger partial charge in [0, 0.05) is 12.7 Å². The lowest BCUT2D eigenvalue weighted by molar-refractivity contribution is 0.102. The highest BCUT2D eigenvalue weighted by atomic mass is 32.1. The van der Waals surface area contributed by atoms with E-state index in [1.54, 1.807) is 12.6 Å². The molecule has 2 heterocycles. The molecule has 2 N–H and O–H groups in total. The average Bonchev–Trinajstić information content (AvgIpc) is 3.06. The Hall–Kier alpha value is -2.06. The van der Waals surface area contributed by atoms with E-state index in [0.717, 1.165) is 15.9 Å². The molecule has 0 saturated carbocycles. The fourth-order valence-corrected chi connectivity index (χ4v) is 2.84. The van der Waals surface area contributed by atoms with Crippen molar-refractivity contribution in [1.82, 2.24) is 15.2 Å². The predicted octanol–water partition coefficient (Wildman–Crippen LogP) is 2.44. The van der Waals surface area contributed by atoms with Gasteiger partial charge in [-0.1, -0.05) is 11.3 Å². The van der Waals surface area contributed by atoms with Crippen molar-refractivity contribution in [3.63, 3.8) is 0 Å². The van der Waals surface area contributed by atoms with Crippen LogP contribution in [0.5, 0.6) is 0 Å². The number of rotatable bonds is 3. The maximum Gasteiger partial charge on any atom is 0.286 e. The summed E-state index contributed by atoms with van der Waals surface area (Å²) in [6.45, 7) is 0. The van der Waals surface area contributed by atoms with Crippen LogP contribution in [-0.2, 0) is 0 Å². The summed E-state index contributed by atoms with van der Waals surface area (Å²) in [4.78, 5) is 16.2. The minimum absolute atomic E-state index is 0.261. The zero-order valence-electron chi connectivity index (χ0n) is 9.88. The molecule has 1 aromatic carbocycles. The van der Waals surface area contributed by atoms with Crippen molar-refractivity contribution in [3.05, 3.63) is 28.7 Å². The van der Waals surface area contributed by atoms with E-state index in [2.05, 4.69) is 25.8 Å². The number of benzene rings is 1. The molecule has 0 unspecified atom stereocenters. The summed E-state index contributed by atoms with van der Waals surface area (Å²) in [5.74, 6) is -0.261. The molecule has 2 aromatic heterocycles. The van der Waals surface area contributed by atoms with Crippen LogP contribution in [0, 0.1) is 0 Å². The first-order valence-corrected chi connectivity index (χ1v) is 7.12. The number of nitrogens with zero attached hydrogens (tertiary/aromatic N) is 3. The number of aromatic nitrogens is 3. The molecule has 96 valence electrons. The Labute approximate surface area is 116 Å². The van der Waals surface area contributed by atoms with Crippen LogP contribution in [-0.4, -0.2) is 28.1 Å². The third kappa shape index (κ3) is 2.40. The molecule has 3 rings (SSSR count). The van der Waals surface area contributed by atoms with Gasteiger partial charge in [0.1, 0.15) is 0 Å². The largest absolute Gasteiger partial charge is 0.363 e. The number of carbonyl (C=O) groups excluding carboxylic acids is 1. The summed E-state index contributed by atoms with van der Waals surface area (Å²) >= 11 is 2.74. The third-order valence-corrected chi connectivity index (χ3v) is 4.15. The number of fused-ring (bicyclic) bond motifs is 1. The molecule has 3 aromatic rings. The maximum absolute atomic E-state index is 12.0. The Balaban J connectivity index is 1.81. The zero-order chi connectivity index (χ0) is 13.2. The number of nitrogens with one attached hydrogen (secondary N) is 2. The molecule has 0 aliphatic carbocycles. The molecule has 0 aliphatic heterocycles. The lowest BCUT2D eigenvalue weighted by Gasteiger charge is -2.01. The number of amides is 1. The Morgan fingerprint density at radius 3 is 3.00 bits per heavy atom. The van der Waals surface area contributed by atoms with Crippen LogP contribution < -0.4 is 10.6 Å². The summed E-state index contributed by atoms with van der Waals surface area (Å²) in [5.41, 5.74) is 3.43. The quantitative estimate of drug-likeness (QED) is 0.774. The number of hydrogen-bond acceptors (Lipinski definition) is 7. The average molecular weight is 291 g/mol. The smallest absolute Gasteiger partial charge is 0.286 e. The fraction of sp³-hybridized carbons (Fsp3) is 0.0909. The zero-order valence-corrected chi connectivity index (χ0v) is 11.5. The van der Waals surface area contributed by atoms with E-state index in [1.807, 2.05) is 18.2 Å². The maximum atomic E-state index is 12.0. The van der Waals surface area contributed by atoms with Crippen molar-refractivity contribution in [2.45, 2.75) is 0 Å². The fourth-order valence-electron chi connectivity index (χ4n) is 1.53. The van der Waals surface area contributed by atoms with Gasteiger partial charge in [0.25, 0.3) is 5.91 Å². The molecular weight excluding hydrogens is 282 g/mol. The highest BCUT2D eigenvalue weighted by molar-refractivity contribution is 7.17. The predicted molar refractivity (Wildman–Crippen MR) is 77.0 cm³/mol. The second kappa shape index (κ2) is 4.90. The Kier molecular flexibility index (Phi) is 3.10. The van der Waals surface area contributed by atoms with E-state index in [1.165, 1.54) is 22.7 Å². The van der Waals surface area contributed by atoms with E-state index in [-0.39, 0.29) is 5.91 Å². The SMILES string of the molecule is CNc1nnc(C(=O)Nc2ccc3ncsc3c2)s1. The molecule has 0 saturated heterocycles. The van der Waals surface area contributed by atoms with Crippen LogP contribution in [0.1, 0.15) is 9.80 Å². The Morgan fingerprint density at radius 1 is 1.32 bits per heavy atom. The van der Waals surface area contributed by atoms with Gasteiger partial charge in [-0.25, -0.2) is 4.98 Å². The van der Waals surface area contributed by atoms with Crippen LogP contribution in [0.2, 0.25) is 0 Å². The van der Waals surface area contributed by atoms with Crippen molar-refractivity contribution in [2.75, 3.05) is 17.7 Å². The van der Waals surface area contributed by atoms with Gasteiger partial charge in [-0.3, -0.25) is 4.79 Å². The molecule has 0 fully saturated rings. The topological polar surface area (TPSA) is 79.8 Å². The van der Waals surface area contributed by atoms with Crippen molar-refractivity contribution in [1.29, 1.82) is 0 Å². The van der Waals surface area contributed by atoms with Gasteiger partial charge < -0.3 is 10.6 Å². The van der Waals surface area contributed by atoms with Gasteiger partial charge >= 0.3 is 0 Å².